The highest BCUT2D eigenvalue weighted by Crippen LogP contribution is 2.48. The van der Waals surface area contributed by atoms with Crippen LogP contribution >= 0.6 is 11.6 Å². The lowest BCUT2D eigenvalue weighted by molar-refractivity contribution is -0.437. The third-order valence-electron chi connectivity index (χ3n) is 11.3. The molecule has 0 fully saturated rings. The number of hydrogen-bond acceptors (Lipinski definition) is 5. The van der Waals surface area contributed by atoms with E-state index in [1.807, 2.05) is 20.8 Å². The molecule has 0 atom stereocenters. The molecule has 8 heteroatoms. The SMILES string of the molecule is CCC[N+]1=C(/C=C/C2=C(Cl)C(=C/C=C3/N(CCC(=O)CCCC[Si](OCC)(OCC)OCC)c4ccccc4C3(C)C)/CCC2)C(C)(C)c2ccccc21. The Morgan fingerprint density at radius 2 is 1.50 bits per heavy atom. The standard InChI is InChI=1S/C46H64ClN2O4Si/c1-9-32-48-40-25-15-13-23-38(40)45(5,6)42(48)29-27-35-20-19-21-36(44(35)47)28-30-43-46(7,8)39-24-14-16-26-41(39)49(43)33-31-37(50)22-17-18-34-54(51-10-2,52-11-3)53-12-4/h13-16,23-30H,9-12,17-22,31-34H2,1-8H3/q+1. The largest absolute Gasteiger partial charge is 0.500 e. The van der Waals surface area contributed by atoms with E-state index in [-0.39, 0.29) is 16.6 Å². The molecule has 2 heterocycles. The number of unbranched alkanes of at least 4 members (excludes halogenated alkanes) is 1. The molecule has 0 bridgehead atoms. The molecule has 292 valence electrons. The lowest BCUT2D eigenvalue weighted by Crippen LogP contribution is -2.45. The topological polar surface area (TPSA) is 51.0 Å². The number of carbonyl (C=O) groups excluding carboxylic acids is 1. The van der Waals surface area contributed by atoms with Crippen LogP contribution in [-0.4, -0.2) is 57.8 Å². The minimum Gasteiger partial charge on any atom is -0.374 e. The quantitative estimate of drug-likeness (QED) is 0.0809. The molecule has 0 N–H and O–H groups in total. The summed E-state index contributed by atoms with van der Waals surface area (Å²) in [7, 11) is -2.69. The summed E-state index contributed by atoms with van der Waals surface area (Å²) in [4.78, 5) is 15.7. The highest BCUT2D eigenvalue weighted by atomic mass is 35.5. The number of nitrogens with zero attached hydrogens (tertiary/aromatic N) is 2. The molecule has 0 saturated carbocycles. The van der Waals surface area contributed by atoms with Gasteiger partial charge in [-0.15, -0.1) is 0 Å². The van der Waals surface area contributed by atoms with Crippen LogP contribution in [0.15, 0.2) is 94.7 Å². The Morgan fingerprint density at radius 3 is 2.19 bits per heavy atom. The Kier molecular flexibility index (Phi) is 14.6. The number of ketones is 1. The predicted octanol–water partition coefficient (Wildman–Crippen LogP) is 11.5. The van der Waals surface area contributed by atoms with Gasteiger partial charge in [-0.25, -0.2) is 0 Å². The van der Waals surface area contributed by atoms with Crippen LogP contribution in [0, 0.1) is 0 Å². The second-order valence-corrected chi connectivity index (χ2v) is 18.8. The number of carbonyl (C=O) groups is 1. The minimum atomic E-state index is -2.69. The molecule has 54 heavy (non-hydrogen) atoms. The van der Waals surface area contributed by atoms with E-state index in [4.69, 9.17) is 24.9 Å². The van der Waals surface area contributed by atoms with Crippen molar-refractivity contribution in [2.75, 3.05) is 37.8 Å². The maximum atomic E-state index is 13.3. The Bertz CT molecular complexity index is 1790. The molecule has 6 nitrogen and oxygen atoms in total. The lowest BCUT2D eigenvalue weighted by atomic mass is 9.81. The summed E-state index contributed by atoms with van der Waals surface area (Å²) in [5, 5.41) is 0.866. The van der Waals surface area contributed by atoms with Crippen molar-refractivity contribution in [3.63, 3.8) is 0 Å². The molecule has 0 aromatic heterocycles. The fourth-order valence-electron chi connectivity index (χ4n) is 8.58. The molecule has 0 spiro atoms. The van der Waals surface area contributed by atoms with Crippen LogP contribution in [0.1, 0.15) is 118 Å². The maximum Gasteiger partial charge on any atom is 0.500 e. The van der Waals surface area contributed by atoms with Gasteiger partial charge in [0, 0.05) is 91.2 Å². The maximum absolute atomic E-state index is 13.3. The Morgan fingerprint density at radius 1 is 0.833 bits per heavy atom. The highest BCUT2D eigenvalue weighted by Gasteiger charge is 2.44. The number of halogens is 1. The van der Waals surface area contributed by atoms with E-state index in [0.717, 1.165) is 56.1 Å². The zero-order chi connectivity index (χ0) is 38.9. The van der Waals surface area contributed by atoms with Crippen LogP contribution in [0.3, 0.4) is 0 Å². The number of allylic oxidation sites excluding steroid dienone is 8. The first-order chi connectivity index (χ1) is 25.9. The van der Waals surface area contributed by atoms with Crippen molar-refractivity contribution in [2.45, 2.75) is 124 Å². The number of hydrogen-bond donors (Lipinski definition) is 0. The number of rotatable bonds is 19. The number of benzene rings is 2. The van der Waals surface area contributed by atoms with Gasteiger partial charge in [0.2, 0.25) is 5.69 Å². The summed E-state index contributed by atoms with van der Waals surface area (Å²) in [6.45, 7) is 20.8. The van der Waals surface area contributed by atoms with Crippen LogP contribution in [-0.2, 0) is 28.9 Å². The molecule has 0 radical (unpaired) electrons. The van der Waals surface area contributed by atoms with E-state index < -0.39 is 8.80 Å². The Labute approximate surface area is 332 Å². The zero-order valence-electron chi connectivity index (χ0n) is 34.2. The summed E-state index contributed by atoms with van der Waals surface area (Å²) in [5.41, 5.74) is 9.78. The van der Waals surface area contributed by atoms with Crippen LogP contribution < -0.4 is 4.90 Å². The fourth-order valence-corrected chi connectivity index (χ4v) is 11.6. The molecular weight excluding hydrogens is 708 g/mol. The van der Waals surface area contributed by atoms with E-state index >= 15 is 0 Å². The minimum absolute atomic E-state index is 0.0782. The molecule has 0 saturated heterocycles. The zero-order valence-corrected chi connectivity index (χ0v) is 36.0. The number of anilines is 1. The summed E-state index contributed by atoms with van der Waals surface area (Å²) >= 11 is 7.25. The third-order valence-corrected chi connectivity index (χ3v) is 14.9. The first kappa shape index (κ1) is 42.1. The monoisotopic (exact) mass is 771 g/mol. The first-order valence-corrected chi connectivity index (χ1v) is 22.8. The summed E-state index contributed by atoms with van der Waals surface area (Å²) in [5.74, 6) is 0.282. The van der Waals surface area contributed by atoms with Crippen LogP contribution in [0.25, 0.3) is 0 Å². The molecule has 2 aliphatic heterocycles. The summed E-state index contributed by atoms with van der Waals surface area (Å²) < 4.78 is 20.5. The van der Waals surface area contributed by atoms with E-state index in [1.165, 1.54) is 45.1 Å². The van der Waals surface area contributed by atoms with E-state index in [2.05, 4.69) is 117 Å². The average Bonchev–Trinajstić information content (AvgIpc) is 3.50. The fraction of sp³-hybridized carbons (Fsp3) is 0.522. The van der Waals surface area contributed by atoms with Gasteiger partial charge in [-0.1, -0.05) is 80.9 Å². The third kappa shape index (κ3) is 9.13. The van der Waals surface area contributed by atoms with Crippen LogP contribution in [0.4, 0.5) is 11.4 Å². The molecule has 3 aliphatic rings. The van der Waals surface area contributed by atoms with Gasteiger partial charge in [0.05, 0.1) is 5.41 Å². The molecular formula is C46H64ClN2O4Si+. The van der Waals surface area contributed by atoms with Gasteiger partial charge in [-0.3, -0.25) is 4.79 Å². The van der Waals surface area contributed by atoms with Crippen molar-refractivity contribution in [1.29, 1.82) is 0 Å². The van der Waals surface area contributed by atoms with Gasteiger partial charge in [0.1, 0.15) is 12.3 Å². The van der Waals surface area contributed by atoms with Crippen LogP contribution in [0.5, 0.6) is 0 Å². The Balaban J connectivity index is 1.32. The number of fused-ring (bicyclic) bond motifs is 2. The van der Waals surface area contributed by atoms with Gasteiger partial charge in [-0.05, 0) is 95.6 Å². The van der Waals surface area contributed by atoms with Crippen molar-refractivity contribution in [3.8, 4) is 0 Å². The number of Topliss-reactive ketones (excluding diaryl/α,β-unsaturated/α-hetero) is 1. The van der Waals surface area contributed by atoms with Crippen molar-refractivity contribution in [2.24, 2.45) is 0 Å². The second kappa shape index (κ2) is 18.7. The first-order valence-electron chi connectivity index (χ1n) is 20.5. The molecule has 5 rings (SSSR count). The van der Waals surface area contributed by atoms with E-state index in [1.54, 1.807) is 0 Å². The predicted molar refractivity (Wildman–Crippen MR) is 227 cm³/mol. The number of para-hydroxylation sites is 2. The van der Waals surface area contributed by atoms with Crippen molar-refractivity contribution < 1.29 is 22.6 Å². The van der Waals surface area contributed by atoms with Gasteiger partial charge in [0.25, 0.3) is 0 Å². The van der Waals surface area contributed by atoms with E-state index in [0.29, 0.717) is 39.2 Å². The lowest BCUT2D eigenvalue weighted by Gasteiger charge is -2.28. The molecule has 2 aromatic rings. The second-order valence-electron chi connectivity index (χ2n) is 15.7. The smallest absolute Gasteiger partial charge is 0.374 e. The van der Waals surface area contributed by atoms with Crippen molar-refractivity contribution >= 4 is 43.3 Å². The van der Waals surface area contributed by atoms with Gasteiger partial charge >= 0.3 is 8.80 Å². The average molecular weight is 773 g/mol. The van der Waals surface area contributed by atoms with Crippen LogP contribution in [0.2, 0.25) is 6.04 Å². The van der Waals surface area contributed by atoms with Gasteiger partial charge < -0.3 is 18.2 Å². The molecule has 2 aromatic carbocycles. The molecule has 1 aliphatic carbocycles. The van der Waals surface area contributed by atoms with Gasteiger partial charge in [-0.2, -0.15) is 4.58 Å². The Hall–Kier alpha value is -3.07. The van der Waals surface area contributed by atoms with Crippen molar-refractivity contribution in [1.82, 2.24) is 0 Å². The summed E-state index contributed by atoms with van der Waals surface area (Å²) in [6, 6.07) is 18.2. The van der Waals surface area contributed by atoms with E-state index in [9.17, 15) is 4.79 Å². The van der Waals surface area contributed by atoms with Gasteiger partial charge in [0.15, 0.2) is 5.71 Å². The molecule has 0 unspecified atom stereocenters. The van der Waals surface area contributed by atoms with Crippen molar-refractivity contribution in [3.05, 3.63) is 106 Å². The highest BCUT2D eigenvalue weighted by molar-refractivity contribution is 6.60. The normalized spacial score (nSPS) is 19.5. The summed E-state index contributed by atoms with van der Waals surface area (Å²) in [6.07, 6.45) is 15.9. The molecule has 0 amide bonds.